The lowest BCUT2D eigenvalue weighted by Crippen LogP contribution is -2.49. The van der Waals surface area contributed by atoms with E-state index in [0.717, 1.165) is 44.8 Å². The second kappa shape index (κ2) is 6.68. The van der Waals surface area contributed by atoms with E-state index in [9.17, 15) is 0 Å². The van der Waals surface area contributed by atoms with Gasteiger partial charge in [-0.05, 0) is 14.1 Å². The number of nitrogens with one attached hydrogen (secondary N) is 1. The molecule has 1 aliphatic rings. The molecule has 4 nitrogen and oxygen atoms in total. The third-order valence-electron chi connectivity index (χ3n) is 3.60. The number of rotatable bonds is 4. The smallest absolute Gasteiger partial charge is 0.128 e. The summed E-state index contributed by atoms with van der Waals surface area (Å²) in [5, 5.41) is 8.26. The highest BCUT2D eigenvalue weighted by Crippen LogP contribution is 2.08. The van der Waals surface area contributed by atoms with Gasteiger partial charge in [0.1, 0.15) is 5.84 Å². The number of amidine groups is 1. The van der Waals surface area contributed by atoms with Crippen molar-refractivity contribution < 1.29 is 0 Å². The van der Waals surface area contributed by atoms with Gasteiger partial charge < -0.3 is 9.80 Å². The number of hydrogen-bond donors (Lipinski definition) is 1. The molecule has 1 aromatic carbocycles. The van der Waals surface area contributed by atoms with Crippen LogP contribution < -0.4 is 0 Å². The molecule has 0 aliphatic carbocycles. The predicted molar refractivity (Wildman–Crippen MR) is 79.8 cm³/mol. The first-order valence-corrected chi connectivity index (χ1v) is 6.93. The third kappa shape index (κ3) is 4.04. The molecule has 1 saturated heterocycles. The van der Waals surface area contributed by atoms with E-state index < -0.39 is 0 Å². The van der Waals surface area contributed by atoms with Crippen molar-refractivity contribution in [2.24, 2.45) is 0 Å². The molecule has 1 heterocycles. The van der Waals surface area contributed by atoms with Crippen molar-refractivity contribution >= 4 is 5.84 Å². The number of likely N-dealkylation sites (N-methyl/N-ethyl adjacent to an activating group) is 1. The van der Waals surface area contributed by atoms with Gasteiger partial charge in [0, 0.05) is 44.8 Å². The zero-order valence-corrected chi connectivity index (χ0v) is 12.0. The maximum absolute atomic E-state index is 8.26. The van der Waals surface area contributed by atoms with Crippen molar-refractivity contribution in [3.05, 3.63) is 35.9 Å². The van der Waals surface area contributed by atoms with E-state index in [4.69, 9.17) is 5.41 Å². The average Bonchev–Trinajstić information content (AvgIpc) is 2.46. The first-order valence-electron chi connectivity index (χ1n) is 6.93. The van der Waals surface area contributed by atoms with Crippen molar-refractivity contribution in [1.29, 1.82) is 5.41 Å². The Kier molecular flexibility index (Phi) is 4.93. The molecule has 1 aromatic rings. The largest absolute Gasteiger partial charge is 0.354 e. The van der Waals surface area contributed by atoms with E-state index in [2.05, 4.69) is 28.8 Å². The Morgan fingerprint density at radius 1 is 1.11 bits per heavy atom. The maximum Gasteiger partial charge on any atom is 0.128 e. The van der Waals surface area contributed by atoms with Crippen LogP contribution in [0.2, 0.25) is 0 Å². The normalized spacial score (nSPS) is 16.9. The minimum absolute atomic E-state index is 0.660. The SMILES string of the molecule is CN(C)CCN1CCN(C(=N)c2ccccc2)CC1. The molecule has 104 valence electrons. The molecule has 4 heteroatoms. The molecule has 0 radical (unpaired) electrons. The van der Waals surface area contributed by atoms with E-state index in [-0.39, 0.29) is 0 Å². The summed E-state index contributed by atoms with van der Waals surface area (Å²) in [6.45, 7) is 6.27. The number of benzene rings is 1. The molecule has 19 heavy (non-hydrogen) atoms. The number of hydrogen-bond acceptors (Lipinski definition) is 3. The molecule has 0 unspecified atom stereocenters. The van der Waals surface area contributed by atoms with Crippen LogP contribution in [0.1, 0.15) is 5.56 Å². The van der Waals surface area contributed by atoms with Crippen LogP contribution in [-0.4, -0.2) is 73.9 Å². The Morgan fingerprint density at radius 2 is 1.74 bits per heavy atom. The Labute approximate surface area is 116 Å². The lowest BCUT2D eigenvalue weighted by atomic mass is 10.1. The lowest BCUT2D eigenvalue weighted by molar-refractivity contribution is 0.169. The van der Waals surface area contributed by atoms with Gasteiger partial charge >= 0.3 is 0 Å². The quantitative estimate of drug-likeness (QED) is 0.652. The molecular formula is C15H24N4. The Hall–Kier alpha value is -1.39. The molecule has 0 saturated carbocycles. The summed E-state index contributed by atoms with van der Waals surface area (Å²) in [5.74, 6) is 0.660. The first kappa shape index (κ1) is 14.0. The molecule has 0 bridgehead atoms. The van der Waals surface area contributed by atoms with E-state index in [1.807, 2.05) is 30.3 Å². The van der Waals surface area contributed by atoms with Gasteiger partial charge in [-0.25, -0.2) is 0 Å². The Bertz CT molecular complexity index is 394. The molecule has 1 fully saturated rings. The van der Waals surface area contributed by atoms with Gasteiger partial charge in [0.15, 0.2) is 0 Å². The van der Waals surface area contributed by atoms with Crippen molar-refractivity contribution in [2.45, 2.75) is 0 Å². The topological polar surface area (TPSA) is 33.6 Å². The van der Waals surface area contributed by atoms with E-state index >= 15 is 0 Å². The summed E-state index contributed by atoms with van der Waals surface area (Å²) in [7, 11) is 4.22. The van der Waals surface area contributed by atoms with E-state index in [0.29, 0.717) is 5.84 Å². The molecular weight excluding hydrogens is 236 g/mol. The van der Waals surface area contributed by atoms with Gasteiger partial charge in [0.2, 0.25) is 0 Å². The van der Waals surface area contributed by atoms with Gasteiger partial charge in [-0.3, -0.25) is 10.3 Å². The molecule has 0 atom stereocenters. The monoisotopic (exact) mass is 260 g/mol. The average molecular weight is 260 g/mol. The summed E-state index contributed by atoms with van der Waals surface area (Å²) in [4.78, 5) is 6.88. The number of piperazine rings is 1. The molecule has 0 amide bonds. The summed E-state index contributed by atoms with van der Waals surface area (Å²) in [6, 6.07) is 10.0. The van der Waals surface area contributed by atoms with Crippen LogP contribution in [0.3, 0.4) is 0 Å². The van der Waals surface area contributed by atoms with Crippen LogP contribution >= 0.6 is 0 Å². The van der Waals surface area contributed by atoms with E-state index in [1.54, 1.807) is 0 Å². The minimum atomic E-state index is 0.660. The molecule has 0 aromatic heterocycles. The molecule has 1 N–H and O–H groups in total. The van der Waals surface area contributed by atoms with Crippen molar-refractivity contribution in [3.8, 4) is 0 Å². The van der Waals surface area contributed by atoms with Crippen LogP contribution in [-0.2, 0) is 0 Å². The second-order valence-corrected chi connectivity index (χ2v) is 5.35. The van der Waals surface area contributed by atoms with Gasteiger partial charge in [0.05, 0.1) is 0 Å². The van der Waals surface area contributed by atoms with Crippen LogP contribution in [0, 0.1) is 5.41 Å². The fourth-order valence-electron chi connectivity index (χ4n) is 2.32. The zero-order valence-electron chi connectivity index (χ0n) is 12.0. The maximum atomic E-state index is 8.26. The standard InChI is InChI=1S/C15H24N4/c1-17(2)8-9-18-10-12-19(13-11-18)15(16)14-6-4-3-5-7-14/h3-7,16H,8-13H2,1-2H3. The van der Waals surface area contributed by atoms with Crippen molar-refractivity contribution in [3.63, 3.8) is 0 Å². The van der Waals surface area contributed by atoms with E-state index in [1.165, 1.54) is 0 Å². The molecule has 1 aliphatic heterocycles. The highest BCUT2D eigenvalue weighted by Gasteiger charge is 2.19. The summed E-state index contributed by atoms with van der Waals surface area (Å²) >= 11 is 0. The fraction of sp³-hybridized carbons (Fsp3) is 0.533. The Balaban J connectivity index is 1.81. The Morgan fingerprint density at radius 3 is 2.32 bits per heavy atom. The van der Waals surface area contributed by atoms with Gasteiger partial charge in [-0.2, -0.15) is 0 Å². The fourth-order valence-corrected chi connectivity index (χ4v) is 2.32. The van der Waals surface area contributed by atoms with Crippen LogP contribution in [0.15, 0.2) is 30.3 Å². The highest BCUT2D eigenvalue weighted by atomic mass is 15.3. The molecule has 2 rings (SSSR count). The van der Waals surface area contributed by atoms with Crippen LogP contribution in [0.4, 0.5) is 0 Å². The summed E-state index contributed by atoms with van der Waals surface area (Å²) in [5.41, 5.74) is 1.02. The first-order chi connectivity index (χ1) is 9.16. The third-order valence-corrected chi connectivity index (χ3v) is 3.60. The lowest BCUT2D eigenvalue weighted by Gasteiger charge is -2.36. The zero-order chi connectivity index (χ0) is 13.7. The second-order valence-electron chi connectivity index (χ2n) is 5.35. The van der Waals surface area contributed by atoms with Gasteiger partial charge in [0.25, 0.3) is 0 Å². The van der Waals surface area contributed by atoms with Gasteiger partial charge in [-0.15, -0.1) is 0 Å². The summed E-state index contributed by atoms with van der Waals surface area (Å²) < 4.78 is 0. The molecule has 0 spiro atoms. The van der Waals surface area contributed by atoms with Crippen LogP contribution in [0.5, 0.6) is 0 Å². The van der Waals surface area contributed by atoms with Crippen molar-refractivity contribution in [1.82, 2.24) is 14.7 Å². The number of nitrogens with zero attached hydrogens (tertiary/aromatic N) is 3. The van der Waals surface area contributed by atoms with Crippen LogP contribution in [0.25, 0.3) is 0 Å². The predicted octanol–water partition coefficient (Wildman–Crippen LogP) is 1.19. The highest BCUT2D eigenvalue weighted by molar-refractivity contribution is 5.96. The summed E-state index contributed by atoms with van der Waals surface area (Å²) in [6.07, 6.45) is 0. The van der Waals surface area contributed by atoms with Crippen molar-refractivity contribution in [2.75, 3.05) is 53.4 Å². The minimum Gasteiger partial charge on any atom is -0.354 e. The van der Waals surface area contributed by atoms with Gasteiger partial charge in [-0.1, -0.05) is 30.3 Å².